The van der Waals surface area contributed by atoms with E-state index >= 15 is 0 Å². The third-order valence-corrected chi connectivity index (χ3v) is 5.17. The largest absolute Gasteiger partial charge is 0.341 e. The number of hydrogen-bond donors (Lipinski definition) is 0. The van der Waals surface area contributed by atoms with Gasteiger partial charge in [0.05, 0.1) is 11.6 Å². The average molecular weight is 308 g/mol. The van der Waals surface area contributed by atoms with Gasteiger partial charge in [0.1, 0.15) is 0 Å². The molecule has 0 radical (unpaired) electrons. The van der Waals surface area contributed by atoms with Gasteiger partial charge in [-0.2, -0.15) is 10.5 Å². The number of nitriles is 2. The van der Waals surface area contributed by atoms with Crippen LogP contribution in [0.4, 0.5) is 0 Å². The second kappa shape index (κ2) is 6.30. The van der Waals surface area contributed by atoms with Crippen LogP contribution in [0.15, 0.2) is 24.3 Å². The average Bonchev–Trinajstić information content (AvgIpc) is 3.02. The number of nitrogens with zero attached hydrogens (tertiary/aromatic N) is 4. The second-order valence-electron chi connectivity index (χ2n) is 6.56. The highest BCUT2D eigenvalue weighted by atomic mass is 16.2. The zero-order valence-electron chi connectivity index (χ0n) is 13.3. The molecule has 23 heavy (non-hydrogen) atoms. The minimum Gasteiger partial charge on any atom is -0.341 e. The van der Waals surface area contributed by atoms with Crippen molar-refractivity contribution in [2.45, 2.75) is 19.3 Å². The Hall–Kier alpha value is -2.53. The predicted molar refractivity (Wildman–Crippen MR) is 84.9 cm³/mol. The molecule has 0 aromatic heterocycles. The van der Waals surface area contributed by atoms with Gasteiger partial charge in [0, 0.05) is 38.0 Å². The maximum Gasteiger partial charge on any atom is 0.225 e. The number of benzene rings is 1. The van der Waals surface area contributed by atoms with Crippen LogP contribution < -0.4 is 0 Å². The van der Waals surface area contributed by atoms with Crippen molar-refractivity contribution in [1.29, 1.82) is 10.5 Å². The number of hydrogen-bond acceptors (Lipinski definition) is 4. The van der Waals surface area contributed by atoms with Crippen molar-refractivity contribution in [3.63, 3.8) is 0 Å². The van der Waals surface area contributed by atoms with Crippen LogP contribution in [-0.4, -0.2) is 41.9 Å². The Balaban J connectivity index is 1.53. The molecule has 2 aliphatic rings. The van der Waals surface area contributed by atoms with Gasteiger partial charge in [-0.1, -0.05) is 19.1 Å². The lowest BCUT2D eigenvalue weighted by atomic mass is 9.87. The lowest BCUT2D eigenvalue weighted by molar-refractivity contribution is -0.141. The summed E-state index contributed by atoms with van der Waals surface area (Å²) in [4.78, 5) is 16.2. The summed E-state index contributed by atoms with van der Waals surface area (Å²) in [6, 6.07) is 9.75. The first-order chi connectivity index (χ1) is 11.1. The fourth-order valence-corrected chi connectivity index (χ4v) is 3.48. The highest BCUT2D eigenvalue weighted by Crippen LogP contribution is 2.31. The van der Waals surface area contributed by atoms with Crippen molar-refractivity contribution in [3.8, 4) is 12.3 Å². The number of likely N-dealkylation sites (tertiary alicyclic amines) is 2. The SMILES string of the molecule is C[C@@H](C(=O)N1CC(c2ccc(C#N)cc2)C1)[C@H]1CCN(C#N)C1. The van der Waals surface area contributed by atoms with Gasteiger partial charge in [0.15, 0.2) is 6.19 Å². The van der Waals surface area contributed by atoms with E-state index < -0.39 is 0 Å². The summed E-state index contributed by atoms with van der Waals surface area (Å²) in [6.07, 6.45) is 3.09. The van der Waals surface area contributed by atoms with Gasteiger partial charge in [0.25, 0.3) is 0 Å². The summed E-state index contributed by atoms with van der Waals surface area (Å²) in [6.45, 7) is 4.97. The van der Waals surface area contributed by atoms with Crippen LogP contribution in [0.5, 0.6) is 0 Å². The molecule has 1 aromatic rings. The summed E-state index contributed by atoms with van der Waals surface area (Å²) in [5.41, 5.74) is 1.86. The van der Waals surface area contributed by atoms with Gasteiger partial charge < -0.3 is 9.80 Å². The standard InChI is InChI=1S/C18H20N4O/c1-13(16-6-7-21(9-16)12-20)18(23)22-10-17(11-22)15-4-2-14(8-19)3-5-15/h2-5,13,16-17H,6-7,9-11H2,1H3/t13-,16+/m1/s1. The molecule has 0 unspecified atom stereocenters. The molecule has 1 amide bonds. The van der Waals surface area contributed by atoms with Crippen molar-refractivity contribution in [1.82, 2.24) is 9.80 Å². The number of carbonyl (C=O) groups is 1. The van der Waals surface area contributed by atoms with Gasteiger partial charge in [-0.25, -0.2) is 0 Å². The third kappa shape index (κ3) is 3.00. The molecule has 2 atom stereocenters. The van der Waals surface area contributed by atoms with Crippen LogP contribution in [0.1, 0.15) is 30.4 Å². The second-order valence-corrected chi connectivity index (χ2v) is 6.56. The highest BCUT2D eigenvalue weighted by Gasteiger charge is 2.38. The lowest BCUT2D eigenvalue weighted by Gasteiger charge is -2.41. The normalized spacial score (nSPS) is 22.1. The van der Waals surface area contributed by atoms with Crippen LogP contribution in [0, 0.1) is 34.6 Å². The molecule has 0 bridgehead atoms. The van der Waals surface area contributed by atoms with Crippen molar-refractivity contribution in [3.05, 3.63) is 35.4 Å². The van der Waals surface area contributed by atoms with E-state index in [1.54, 1.807) is 4.90 Å². The summed E-state index contributed by atoms with van der Waals surface area (Å²) in [7, 11) is 0. The van der Waals surface area contributed by atoms with Crippen LogP contribution in [-0.2, 0) is 4.79 Å². The van der Waals surface area contributed by atoms with Gasteiger partial charge in [0.2, 0.25) is 5.91 Å². The minimum absolute atomic E-state index is 0.0183. The number of rotatable bonds is 3. The molecule has 0 saturated carbocycles. The minimum atomic E-state index is -0.0183. The van der Waals surface area contributed by atoms with Crippen molar-refractivity contribution in [2.75, 3.05) is 26.2 Å². The topological polar surface area (TPSA) is 71.1 Å². The van der Waals surface area contributed by atoms with Crippen LogP contribution in [0.3, 0.4) is 0 Å². The zero-order valence-corrected chi connectivity index (χ0v) is 13.3. The molecule has 2 aliphatic heterocycles. The van der Waals surface area contributed by atoms with Gasteiger partial charge >= 0.3 is 0 Å². The van der Waals surface area contributed by atoms with E-state index in [9.17, 15) is 4.79 Å². The molecule has 2 heterocycles. The smallest absolute Gasteiger partial charge is 0.225 e. The fraction of sp³-hybridized carbons (Fsp3) is 0.500. The van der Waals surface area contributed by atoms with E-state index in [1.165, 1.54) is 5.56 Å². The lowest BCUT2D eigenvalue weighted by Crippen LogP contribution is -2.51. The number of amides is 1. The molecule has 5 nitrogen and oxygen atoms in total. The quantitative estimate of drug-likeness (QED) is 0.800. The molecule has 1 aromatic carbocycles. The van der Waals surface area contributed by atoms with Crippen LogP contribution >= 0.6 is 0 Å². The van der Waals surface area contributed by atoms with Crippen LogP contribution in [0.2, 0.25) is 0 Å². The first kappa shape index (κ1) is 15.4. The first-order valence-electron chi connectivity index (χ1n) is 8.06. The Morgan fingerprint density at radius 1 is 1.22 bits per heavy atom. The summed E-state index contributed by atoms with van der Waals surface area (Å²) >= 11 is 0. The molecule has 5 heteroatoms. The Morgan fingerprint density at radius 2 is 1.91 bits per heavy atom. The maximum absolute atomic E-state index is 12.6. The fourth-order valence-electron chi connectivity index (χ4n) is 3.48. The Labute approximate surface area is 136 Å². The van der Waals surface area contributed by atoms with Gasteiger partial charge in [-0.15, -0.1) is 0 Å². The van der Waals surface area contributed by atoms with Crippen LogP contribution in [0.25, 0.3) is 0 Å². The first-order valence-corrected chi connectivity index (χ1v) is 8.06. The van der Waals surface area contributed by atoms with Crippen molar-refractivity contribution < 1.29 is 4.79 Å². The van der Waals surface area contributed by atoms with E-state index in [2.05, 4.69) is 12.3 Å². The summed E-state index contributed by atoms with van der Waals surface area (Å²) in [5.74, 6) is 0.851. The van der Waals surface area contributed by atoms with Crippen molar-refractivity contribution in [2.24, 2.45) is 11.8 Å². The summed E-state index contributed by atoms with van der Waals surface area (Å²) in [5, 5.41) is 17.8. The van der Waals surface area contributed by atoms with E-state index in [1.807, 2.05) is 36.1 Å². The van der Waals surface area contributed by atoms with Gasteiger partial charge in [-0.05, 0) is 30.0 Å². The Bertz CT molecular complexity index is 664. The predicted octanol–water partition coefficient (Wildman–Crippen LogP) is 1.92. The zero-order chi connectivity index (χ0) is 16.4. The van der Waals surface area contributed by atoms with Gasteiger partial charge in [-0.3, -0.25) is 4.79 Å². The van der Waals surface area contributed by atoms with E-state index in [0.29, 0.717) is 18.0 Å². The molecular formula is C18H20N4O. The third-order valence-electron chi connectivity index (χ3n) is 5.17. The molecule has 0 spiro atoms. The molecule has 3 rings (SSSR count). The molecular weight excluding hydrogens is 288 g/mol. The van der Waals surface area contributed by atoms with E-state index in [0.717, 1.165) is 26.1 Å². The molecule has 0 N–H and O–H groups in total. The summed E-state index contributed by atoms with van der Waals surface area (Å²) < 4.78 is 0. The molecule has 2 fully saturated rings. The molecule has 0 aliphatic carbocycles. The highest BCUT2D eigenvalue weighted by molar-refractivity contribution is 5.80. The maximum atomic E-state index is 12.6. The van der Waals surface area contributed by atoms with E-state index in [4.69, 9.17) is 10.5 Å². The molecule has 118 valence electrons. The van der Waals surface area contributed by atoms with Crippen molar-refractivity contribution >= 4 is 5.91 Å². The molecule has 2 saturated heterocycles. The number of carbonyl (C=O) groups excluding carboxylic acids is 1. The Morgan fingerprint density at radius 3 is 2.48 bits per heavy atom. The Kier molecular flexibility index (Phi) is 4.21. The monoisotopic (exact) mass is 308 g/mol. The van der Waals surface area contributed by atoms with E-state index in [-0.39, 0.29) is 17.7 Å².